The molecule has 0 saturated carbocycles. The van der Waals surface area contributed by atoms with Gasteiger partial charge in [-0.15, -0.1) is 6.58 Å². The fraction of sp³-hybridized carbons (Fsp3) is 0.412. The van der Waals surface area contributed by atoms with Crippen molar-refractivity contribution in [1.82, 2.24) is 5.32 Å². The van der Waals surface area contributed by atoms with Gasteiger partial charge in [0.05, 0.1) is 12.0 Å². The molecule has 112 valence electrons. The maximum absolute atomic E-state index is 12.2. The van der Waals surface area contributed by atoms with E-state index in [1.165, 1.54) is 0 Å². The number of amides is 1. The van der Waals surface area contributed by atoms with Gasteiger partial charge in [-0.2, -0.15) is 5.26 Å². The fourth-order valence-corrected chi connectivity index (χ4v) is 2.42. The summed E-state index contributed by atoms with van der Waals surface area (Å²) in [6.07, 6.45) is 2.44. The molecule has 0 aliphatic heterocycles. The summed E-state index contributed by atoms with van der Waals surface area (Å²) in [6, 6.07) is 9.00. The Kier molecular flexibility index (Phi) is 5.99. The third-order valence-electron chi connectivity index (χ3n) is 3.86. The van der Waals surface area contributed by atoms with Crippen LogP contribution >= 0.6 is 11.6 Å². The second kappa shape index (κ2) is 7.28. The van der Waals surface area contributed by atoms with Crippen LogP contribution in [-0.2, 0) is 0 Å². The van der Waals surface area contributed by atoms with Gasteiger partial charge in [-0.25, -0.2) is 0 Å². The van der Waals surface area contributed by atoms with Crippen molar-refractivity contribution in [3.05, 3.63) is 47.5 Å². The first-order valence-electron chi connectivity index (χ1n) is 6.92. The highest BCUT2D eigenvalue weighted by Gasteiger charge is 2.30. The fourth-order valence-electron chi connectivity index (χ4n) is 2.23. The zero-order valence-electron chi connectivity index (χ0n) is 12.7. The van der Waals surface area contributed by atoms with Gasteiger partial charge < -0.3 is 5.32 Å². The van der Waals surface area contributed by atoms with E-state index in [4.69, 9.17) is 16.9 Å². The maximum Gasteiger partial charge on any atom is 0.251 e. The minimum absolute atomic E-state index is 0.0738. The first-order chi connectivity index (χ1) is 9.82. The molecule has 1 amide bonds. The molecule has 4 heteroatoms. The summed E-state index contributed by atoms with van der Waals surface area (Å²) in [5.41, 5.74) is 0.193. The number of hydrogen-bond acceptors (Lipinski definition) is 2. The lowest BCUT2D eigenvalue weighted by atomic mass is 9.74. The van der Waals surface area contributed by atoms with Gasteiger partial charge in [-0.3, -0.25) is 4.79 Å². The molecule has 0 saturated heterocycles. The smallest absolute Gasteiger partial charge is 0.251 e. The zero-order chi connectivity index (χ0) is 16.0. The van der Waals surface area contributed by atoms with Crippen molar-refractivity contribution in [1.29, 1.82) is 5.26 Å². The van der Waals surface area contributed by atoms with E-state index in [9.17, 15) is 4.79 Å². The van der Waals surface area contributed by atoms with E-state index in [0.29, 0.717) is 17.0 Å². The molecule has 0 spiro atoms. The molecule has 1 aromatic rings. The van der Waals surface area contributed by atoms with Gasteiger partial charge in [0.25, 0.3) is 5.91 Å². The van der Waals surface area contributed by atoms with Crippen LogP contribution in [0.3, 0.4) is 0 Å². The third kappa shape index (κ3) is 4.61. The van der Waals surface area contributed by atoms with Crippen molar-refractivity contribution < 1.29 is 4.79 Å². The second-order valence-electron chi connectivity index (χ2n) is 5.65. The minimum Gasteiger partial charge on any atom is -0.350 e. The van der Waals surface area contributed by atoms with Gasteiger partial charge >= 0.3 is 0 Å². The van der Waals surface area contributed by atoms with Crippen molar-refractivity contribution >= 4 is 17.5 Å². The van der Waals surface area contributed by atoms with Crippen LogP contribution < -0.4 is 5.32 Å². The van der Waals surface area contributed by atoms with Gasteiger partial charge in [0.15, 0.2) is 0 Å². The second-order valence-corrected chi connectivity index (χ2v) is 6.09. The Hall–Kier alpha value is -1.79. The summed E-state index contributed by atoms with van der Waals surface area (Å²) in [7, 11) is 0. The van der Waals surface area contributed by atoms with Crippen LogP contribution in [0.25, 0.3) is 0 Å². The quantitative estimate of drug-likeness (QED) is 0.801. The number of nitriles is 1. The summed E-state index contributed by atoms with van der Waals surface area (Å²) in [5.74, 6) is -0.332. The van der Waals surface area contributed by atoms with E-state index in [1.807, 2.05) is 20.8 Å². The average Bonchev–Trinajstić information content (AvgIpc) is 2.45. The van der Waals surface area contributed by atoms with Gasteiger partial charge in [0, 0.05) is 22.0 Å². The van der Waals surface area contributed by atoms with Gasteiger partial charge in [0.2, 0.25) is 0 Å². The Labute approximate surface area is 131 Å². The Bertz CT molecular complexity index is 564. The number of allylic oxidation sites excluding steroid dienone is 1. The van der Waals surface area contributed by atoms with Crippen LogP contribution in [0.1, 0.15) is 37.6 Å². The largest absolute Gasteiger partial charge is 0.350 e. The highest BCUT2D eigenvalue weighted by molar-refractivity contribution is 6.30. The van der Waals surface area contributed by atoms with Crippen LogP contribution in [0.15, 0.2) is 36.9 Å². The van der Waals surface area contributed by atoms with Crippen LogP contribution in [0.5, 0.6) is 0 Å². The van der Waals surface area contributed by atoms with Gasteiger partial charge in [-0.1, -0.05) is 30.7 Å². The van der Waals surface area contributed by atoms with E-state index >= 15 is 0 Å². The van der Waals surface area contributed by atoms with Crippen LogP contribution in [0, 0.1) is 22.7 Å². The average molecular weight is 305 g/mol. The lowest BCUT2D eigenvalue weighted by Crippen LogP contribution is -2.38. The van der Waals surface area contributed by atoms with Crippen LogP contribution in [0.2, 0.25) is 5.02 Å². The molecule has 1 N–H and O–H groups in total. The highest BCUT2D eigenvalue weighted by atomic mass is 35.5. The molecule has 0 bridgehead atoms. The summed E-state index contributed by atoms with van der Waals surface area (Å²) in [4.78, 5) is 12.2. The van der Waals surface area contributed by atoms with Crippen LogP contribution in [0.4, 0.5) is 0 Å². The van der Waals surface area contributed by atoms with Gasteiger partial charge in [-0.05, 0) is 38.5 Å². The number of nitrogens with zero attached hydrogens (tertiary/aromatic N) is 1. The highest BCUT2D eigenvalue weighted by Crippen LogP contribution is 2.33. The Morgan fingerprint density at radius 2 is 2.24 bits per heavy atom. The number of nitrogens with one attached hydrogen (secondary N) is 1. The van der Waals surface area contributed by atoms with Crippen molar-refractivity contribution in [2.45, 2.75) is 33.2 Å². The molecule has 0 radical (unpaired) electrons. The number of benzene rings is 1. The van der Waals surface area contributed by atoms with E-state index < -0.39 is 0 Å². The molecule has 3 atom stereocenters. The van der Waals surface area contributed by atoms with Crippen LogP contribution in [-0.4, -0.2) is 11.9 Å². The molecule has 0 aliphatic rings. The predicted molar refractivity (Wildman–Crippen MR) is 86.1 cm³/mol. The first kappa shape index (κ1) is 17.3. The molecule has 3 unspecified atom stereocenters. The molecule has 0 aromatic heterocycles. The van der Waals surface area contributed by atoms with E-state index in [-0.39, 0.29) is 23.3 Å². The topological polar surface area (TPSA) is 52.9 Å². The molecule has 0 aliphatic carbocycles. The van der Waals surface area contributed by atoms with Crippen molar-refractivity contribution in [2.75, 3.05) is 0 Å². The number of carbonyl (C=O) groups is 1. The summed E-state index contributed by atoms with van der Waals surface area (Å²) in [5, 5.41) is 12.6. The van der Waals surface area contributed by atoms with E-state index in [2.05, 4.69) is 18.0 Å². The molecule has 1 aromatic carbocycles. The normalized spacial score (nSPS) is 16.1. The van der Waals surface area contributed by atoms with Crippen molar-refractivity contribution in [3.8, 4) is 6.07 Å². The number of halogens is 1. The van der Waals surface area contributed by atoms with Crippen molar-refractivity contribution in [3.63, 3.8) is 0 Å². The van der Waals surface area contributed by atoms with E-state index in [1.54, 1.807) is 30.3 Å². The zero-order valence-corrected chi connectivity index (χ0v) is 13.4. The lowest BCUT2D eigenvalue weighted by Gasteiger charge is -2.31. The summed E-state index contributed by atoms with van der Waals surface area (Å²) in [6.45, 7) is 9.60. The van der Waals surface area contributed by atoms with Gasteiger partial charge in [0.1, 0.15) is 0 Å². The number of carbonyl (C=O) groups excluding carboxylic acids is 1. The molecule has 0 fully saturated rings. The maximum atomic E-state index is 12.2. The molecule has 3 nitrogen and oxygen atoms in total. The molecular formula is C17H21ClN2O. The summed E-state index contributed by atoms with van der Waals surface area (Å²) < 4.78 is 0. The Morgan fingerprint density at radius 1 is 1.57 bits per heavy atom. The standard InChI is InChI=1S/C17H21ClN2O/c1-5-17(4,12(2)11-19)10-13(3)20-16(21)14-7-6-8-15(18)9-14/h5-9,12-13H,1,10H2,2-4H3,(H,20,21). The lowest BCUT2D eigenvalue weighted by molar-refractivity contribution is 0.0929. The number of hydrogen-bond donors (Lipinski definition) is 1. The first-order valence-corrected chi connectivity index (χ1v) is 7.30. The summed E-state index contributed by atoms with van der Waals surface area (Å²) >= 11 is 5.89. The molecule has 21 heavy (non-hydrogen) atoms. The Balaban J connectivity index is 2.73. The van der Waals surface area contributed by atoms with Crippen molar-refractivity contribution in [2.24, 2.45) is 11.3 Å². The number of rotatable bonds is 6. The van der Waals surface area contributed by atoms with E-state index in [0.717, 1.165) is 0 Å². The minimum atomic E-state index is -0.338. The predicted octanol–water partition coefficient (Wildman–Crippen LogP) is 4.20. The third-order valence-corrected chi connectivity index (χ3v) is 4.09. The SMILES string of the molecule is C=CC(C)(CC(C)NC(=O)c1cccc(Cl)c1)C(C)C#N. The molecular weight excluding hydrogens is 284 g/mol. The molecule has 1 rings (SSSR count). The Morgan fingerprint density at radius 3 is 2.76 bits per heavy atom. The monoisotopic (exact) mass is 304 g/mol. The molecule has 0 heterocycles.